The number of aryl methyl sites for hydroxylation is 1. The zero-order chi connectivity index (χ0) is 13.7. The van der Waals surface area contributed by atoms with Crippen LogP contribution in [0, 0.1) is 11.3 Å². The third-order valence-corrected chi connectivity index (χ3v) is 3.13. The average Bonchev–Trinajstić information content (AvgIpc) is 2.66. The number of amides is 2. The maximum atomic E-state index is 12.1. The molecule has 0 aliphatic carbocycles. The number of rotatable bonds is 1. The lowest BCUT2D eigenvalue weighted by molar-refractivity contribution is -0.137. The lowest BCUT2D eigenvalue weighted by Gasteiger charge is -2.21. The van der Waals surface area contributed by atoms with E-state index < -0.39 is 11.8 Å². The Labute approximate surface area is 111 Å². The zero-order valence-electron chi connectivity index (χ0n) is 10.6. The summed E-state index contributed by atoms with van der Waals surface area (Å²) in [5.74, 6) is -1.32. The van der Waals surface area contributed by atoms with Gasteiger partial charge in [-0.1, -0.05) is 18.2 Å². The largest absolute Gasteiger partial charge is 0.335 e. The number of fused-ring (bicyclic) bond motifs is 1. The van der Waals surface area contributed by atoms with Gasteiger partial charge in [0.2, 0.25) is 0 Å². The number of anilines is 1. The van der Waals surface area contributed by atoms with Gasteiger partial charge in [-0.05, 0) is 30.9 Å². The molecule has 19 heavy (non-hydrogen) atoms. The van der Waals surface area contributed by atoms with Gasteiger partial charge in [-0.2, -0.15) is 5.26 Å². The van der Waals surface area contributed by atoms with Crippen molar-refractivity contribution in [3.05, 3.63) is 29.8 Å². The minimum atomic E-state index is -0.724. The highest BCUT2D eigenvalue weighted by Gasteiger charge is 2.25. The topological polar surface area (TPSA) is 73.2 Å². The van der Waals surface area contributed by atoms with Crippen LogP contribution in [-0.4, -0.2) is 24.9 Å². The molecule has 1 aliphatic rings. The summed E-state index contributed by atoms with van der Waals surface area (Å²) >= 11 is 0. The van der Waals surface area contributed by atoms with Crippen molar-refractivity contribution in [2.24, 2.45) is 0 Å². The molecule has 0 aromatic heterocycles. The van der Waals surface area contributed by atoms with Gasteiger partial charge in [0.05, 0.1) is 6.07 Å². The molecule has 1 N–H and O–H groups in total. The van der Waals surface area contributed by atoms with E-state index in [4.69, 9.17) is 5.26 Å². The molecule has 0 unspecified atom stereocenters. The number of carbonyl (C=O) groups excluding carboxylic acids is 2. The van der Waals surface area contributed by atoms with E-state index in [2.05, 4.69) is 5.32 Å². The predicted molar refractivity (Wildman–Crippen MR) is 70.4 cm³/mol. The monoisotopic (exact) mass is 257 g/mol. The fraction of sp³-hybridized carbons (Fsp3) is 0.357. The molecule has 0 fully saturated rings. The van der Waals surface area contributed by atoms with Gasteiger partial charge in [0, 0.05) is 12.2 Å². The van der Waals surface area contributed by atoms with Crippen molar-refractivity contribution in [2.45, 2.75) is 19.3 Å². The summed E-state index contributed by atoms with van der Waals surface area (Å²) < 4.78 is 0. The highest BCUT2D eigenvalue weighted by molar-refractivity contribution is 6.40. The third kappa shape index (κ3) is 2.91. The van der Waals surface area contributed by atoms with Gasteiger partial charge in [-0.3, -0.25) is 9.59 Å². The second-order valence-electron chi connectivity index (χ2n) is 4.38. The molecule has 2 amide bonds. The van der Waals surface area contributed by atoms with Crippen molar-refractivity contribution in [3.63, 3.8) is 0 Å². The Balaban J connectivity index is 2.22. The molecule has 1 heterocycles. The van der Waals surface area contributed by atoms with Crippen LogP contribution < -0.4 is 10.2 Å². The first kappa shape index (κ1) is 13.1. The van der Waals surface area contributed by atoms with Gasteiger partial charge >= 0.3 is 11.8 Å². The Morgan fingerprint density at radius 1 is 1.32 bits per heavy atom. The molecule has 1 aromatic rings. The first-order chi connectivity index (χ1) is 9.24. The van der Waals surface area contributed by atoms with Crippen LogP contribution in [0.15, 0.2) is 24.3 Å². The number of benzene rings is 1. The van der Waals surface area contributed by atoms with Crippen molar-refractivity contribution >= 4 is 17.5 Å². The number of nitrogens with one attached hydrogen (secondary N) is 1. The SMILES string of the molecule is N#CCNC(=O)C(=O)N1CCCCc2ccccc21. The van der Waals surface area contributed by atoms with Crippen LogP contribution in [-0.2, 0) is 16.0 Å². The summed E-state index contributed by atoms with van der Waals surface area (Å²) in [7, 11) is 0. The zero-order valence-corrected chi connectivity index (χ0v) is 10.6. The van der Waals surface area contributed by atoms with Gasteiger partial charge in [0.15, 0.2) is 0 Å². The summed E-state index contributed by atoms with van der Waals surface area (Å²) in [4.78, 5) is 25.3. The Kier molecular flexibility index (Phi) is 4.14. The first-order valence-electron chi connectivity index (χ1n) is 6.28. The predicted octanol–water partition coefficient (Wildman–Crippen LogP) is 0.996. The lowest BCUT2D eigenvalue weighted by Crippen LogP contribution is -2.43. The van der Waals surface area contributed by atoms with E-state index in [0.717, 1.165) is 30.5 Å². The summed E-state index contributed by atoms with van der Waals surface area (Å²) in [6, 6.07) is 9.41. The van der Waals surface area contributed by atoms with Crippen molar-refractivity contribution in [1.82, 2.24) is 5.32 Å². The summed E-state index contributed by atoms with van der Waals surface area (Å²) in [5, 5.41) is 10.7. The Morgan fingerprint density at radius 2 is 2.11 bits per heavy atom. The van der Waals surface area contributed by atoms with E-state index in [1.54, 1.807) is 6.07 Å². The van der Waals surface area contributed by atoms with Gasteiger partial charge in [-0.15, -0.1) is 0 Å². The minimum Gasteiger partial charge on any atom is -0.335 e. The molecule has 0 radical (unpaired) electrons. The Bertz CT molecular complexity index is 534. The molecule has 1 aromatic carbocycles. The normalized spacial score (nSPS) is 13.9. The van der Waals surface area contributed by atoms with Crippen LogP contribution >= 0.6 is 0 Å². The number of hydrogen-bond donors (Lipinski definition) is 1. The van der Waals surface area contributed by atoms with Crippen LogP contribution in [0.4, 0.5) is 5.69 Å². The minimum absolute atomic E-state index is 0.153. The van der Waals surface area contributed by atoms with E-state index >= 15 is 0 Å². The van der Waals surface area contributed by atoms with E-state index in [1.165, 1.54) is 4.90 Å². The maximum absolute atomic E-state index is 12.1. The molecular formula is C14H15N3O2. The maximum Gasteiger partial charge on any atom is 0.316 e. The van der Waals surface area contributed by atoms with Gasteiger partial charge in [-0.25, -0.2) is 0 Å². The second-order valence-corrected chi connectivity index (χ2v) is 4.38. The van der Waals surface area contributed by atoms with E-state index in [9.17, 15) is 9.59 Å². The fourth-order valence-corrected chi connectivity index (χ4v) is 2.22. The third-order valence-electron chi connectivity index (χ3n) is 3.13. The molecule has 0 spiro atoms. The van der Waals surface area contributed by atoms with Crippen molar-refractivity contribution in [3.8, 4) is 6.07 Å². The molecule has 0 saturated carbocycles. The van der Waals surface area contributed by atoms with Crippen molar-refractivity contribution in [2.75, 3.05) is 18.0 Å². The molecule has 0 atom stereocenters. The Hall–Kier alpha value is -2.35. The van der Waals surface area contributed by atoms with Crippen LogP contribution in [0.25, 0.3) is 0 Å². The highest BCUT2D eigenvalue weighted by atomic mass is 16.2. The molecule has 0 saturated heterocycles. The van der Waals surface area contributed by atoms with Crippen LogP contribution in [0.2, 0.25) is 0 Å². The van der Waals surface area contributed by atoms with E-state index in [-0.39, 0.29) is 6.54 Å². The number of para-hydroxylation sites is 1. The standard InChI is InChI=1S/C14H15N3O2/c15-8-9-16-13(18)14(19)17-10-4-3-6-11-5-1-2-7-12(11)17/h1-2,5,7H,3-4,6,9-10H2,(H,16,18). The summed E-state index contributed by atoms with van der Waals surface area (Å²) in [6.07, 6.45) is 2.78. The van der Waals surface area contributed by atoms with Crippen LogP contribution in [0.1, 0.15) is 18.4 Å². The molecular weight excluding hydrogens is 242 g/mol. The van der Waals surface area contributed by atoms with Crippen molar-refractivity contribution < 1.29 is 9.59 Å². The molecule has 98 valence electrons. The van der Waals surface area contributed by atoms with Crippen LogP contribution in [0.3, 0.4) is 0 Å². The second kappa shape index (κ2) is 6.01. The summed E-state index contributed by atoms with van der Waals surface area (Å²) in [6.45, 7) is 0.385. The smallest absolute Gasteiger partial charge is 0.316 e. The quantitative estimate of drug-likeness (QED) is 0.602. The van der Waals surface area contributed by atoms with Gasteiger partial charge in [0.25, 0.3) is 0 Å². The first-order valence-corrected chi connectivity index (χ1v) is 6.28. The Morgan fingerprint density at radius 3 is 2.89 bits per heavy atom. The summed E-state index contributed by atoms with van der Waals surface area (Å²) in [5.41, 5.74) is 1.89. The van der Waals surface area contributed by atoms with Gasteiger partial charge < -0.3 is 10.2 Å². The number of nitrogens with zero attached hydrogens (tertiary/aromatic N) is 2. The number of nitriles is 1. The van der Waals surface area contributed by atoms with Crippen LogP contribution in [0.5, 0.6) is 0 Å². The molecule has 5 nitrogen and oxygen atoms in total. The number of hydrogen-bond acceptors (Lipinski definition) is 3. The average molecular weight is 257 g/mol. The number of carbonyl (C=O) groups is 2. The van der Waals surface area contributed by atoms with E-state index in [1.807, 2.05) is 24.3 Å². The molecule has 1 aliphatic heterocycles. The highest BCUT2D eigenvalue weighted by Crippen LogP contribution is 2.26. The van der Waals surface area contributed by atoms with Gasteiger partial charge in [0.1, 0.15) is 6.54 Å². The fourth-order valence-electron chi connectivity index (χ4n) is 2.22. The van der Waals surface area contributed by atoms with E-state index in [0.29, 0.717) is 6.54 Å². The molecule has 0 bridgehead atoms. The lowest BCUT2D eigenvalue weighted by atomic mass is 10.1. The van der Waals surface area contributed by atoms with Crippen molar-refractivity contribution in [1.29, 1.82) is 5.26 Å². The molecule has 5 heteroatoms. The molecule has 2 rings (SSSR count).